The third-order valence-electron chi connectivity index (χ3n) is 2.08. The Morgan fingerprint density at radius 3 is 3.00 bits per heavy atom. The van der Waals surface area contributed by atoms with Gasteiger partial charge < -0.3 is 4.42 Å². The van der Waals surface area contributed by atoms with Crippen molar-refractivity contribution in [2.75, 3.05) is 0 Å². The van der Waals surface area contributed by atoms with Gasteiger partial charge in [-0.2, -0.15) is 0 Å². The molecule has 0 saturated heterocycles. The zero-order valence-corrected chi connectivity index (χ0v) is 6.92. The van der Waals surface area contributed by atoms with Gasteiger partial charge in [0.05, 0.1) is 12.5 Å². The third-order valence-corrected chi connectivity index (χ3v) is 2.08. The maximum atomic E-state index is 5.07. The molecule has 0 aromatic heterocycles. The van der Waals surface area contributed by atoms with E-state index in [0.29, 0.717) is 0 Å². The molecule has 1 nitrogen and oxygen atoms in total. The topological polar surface area (TPSA) is 13.1 Å². The van der Waals surface area contributed by atoms with Gasteiger partial charge in [0.15, 0.2) is 0 Å². The minimum Gasteiger partial charge on any atom is -0.472 e. The standard InChI is InChI=1S/C11H11O/c1-2-3-9-4-5-10-8-12-7-6-11(9)10/h4-8H,1-3H2. The van der Waals surface area contributed by atoms with Gasteiger partial charge in [0, 0.05) is 5.56 Å². The van der Waals surface area contributed by atoms with Crippen LogP contribution < -0.4 is 0 Å². The molecular formula is C11H11O. The van der Waals surface area contributed by atoms with Crippen LogP contribution in [0.25, 0.3) is 11.1 Å². The number of rotatable bonds is 2. The molecule has 1 heteroatoms. The van der Waals surface area contributed by atoms with Crippen molar-refractivity contribution in [2.45, 2.75) is 12.8 Å². The summed E-state index contributed by atoms with van der Waals surface area (Å²) in [6.07, 6.45) is 5.50. The number of hydrogen-bond acceptors (Lipinski definition) is 1. The smallest absolute Gasteiger partial charge is 0.0979 e. The highest BCUT2D eigenvalue weighted by molar-refractivity contribution is 5.69. The molecule has 1 aliphatic carbocycles. The molecule has 0 saturated carbocycles. The van der Waals surface area contributed by atoms with Crippen LogP contribution in [0.3, 0.4) is 0 Å². The quantitative estimate of drug-likeness (QED) is 0.656. The average Bonchev–Trinajstić information content (AvgIpc) is 2.50. The van der Waals surface area contributed by atoms with Gasteiger partial charge in [-0.1, -0.05) is 19.1 Å². The van der Waals surface area contributed by atoms with Crippen molar-refractivity contribution in [2.24, 2.45) is 0 Å². The Labute approximate surface area is 72.4 Å². The first-order valence-electron chi connectivity index (χ1n) is 4.15. The summed E-state index contributed by atoms with van der Waals surface area (Å²) in [4.78, 5) is 0. The highest BCUT2D eigenvalue weighted by Crippen LogP contribution is 2.28. The molecular weight excluding hydrogens is 148 g/mol. The van der Waals surface area contributed by atoms with E-state index in [2.05, 4.69) is 19.1 Å². The molecule has 0 spiro atoms. The van der Waals surface area contributed by atoms with Crippen LogP contribution in [0.2, 0.25) is 0 Å². The molecule has 0 bridgehead atoms. The van der Waals surface area contributed by atoms with E-state index in [1.165, 1.54) is 16.7 Å². The zero-order valence-electron chi connectivity index (χ0n) is 6.92. The second-order valence-electron chi connectivity index (χ2n) is 2.89. The van der Waals surface area contributed by atoms with Crippen molar-refractivity contribution in [3.63, 3.8) is 0 Å². The summed E-state index contributed by atoms with van der Waals surface area (Å²) < 4.78 is 5.07. The summed E-state index contributed by atoms with van der Waals surface area (Å²) in [6, 6.07) is 6.25. The maximum Gasteiger partial charge on any atom is 0.0979 e. The van der Waals surface area contributed by atoms with Crippen LogP contribution in [0, 0.1) is 6.92 Å². The summed E-state index contributed by atoms with van der Waals surface area (Å²) in [5, 5.41) is 0. The highest BCUT2D eigenvalue weighted by atomic mass is 16.3. The Balaban J connectivity index is 2.45. The van der Waals surface area contributed by atoms with E-state index in [-0.39, 0.29) is 0 Å². The predicted octanol–water partition coefficient (Wildman–Crippen LogP) is 3.15. The molecule has 1 heterocycles. The molecule has 2 rings (SSSR count). The normalized spacial score (nSPS) is 10.8. The monoisotopic (exact) mass is 159 g/mol. The van der Waals surface area contributed by atoms with Gasteiger partial charge in [0.25, 0.3) is 0 Å². The third kappa shape index (κ3) is 1.11. The molecule has 0 aromatic carbocycles. The fraction of sp³-hybridized carbons (Fsp3) is 0.182. The molecule has 1 aliphatic heterocycles. The van der Waals surface area contributed by atoms with E-state index >= 15 is 0 Å². The second kappa shape index (κ2) is 3.02. The predicted molar refractivity (Wildman–Crippen MR) is 49.0 cm³/mol. The van der Waals surface area contributed by atoms with Gasteiger partial charge in [-0.3, -0.25) is 0 Å². The Bertz CT molecular complexity index is 335. The Morgan fingerprint density at radius 1 is 1.25 bits per heavy atom. The van der Waals surface area contributed by atoms with Crippen LogP contribution in [0.1, 0.15) is 12.0 Å². The molecule has 12 heavy (non-hydrogen) atoms. The molecule has 0 unspecified atom stereocenters. The van der Waals surface area contributed by atoms with Gasteiger partial charge in [0.1, 0.15) is 0 Å². The van der Waals surface area contributed by atoms with Crippen molar-refractivity contribution in [1.82, 2.24) is 0 Å². The average molecular weight is 159 g/mol. The summed E-state index contributed by atoms with van der Waals surface area (Å²) in [7, 11) is 0. The summed E-state index contributed by atoms with van der Waals surface area (Å²) in [6.45, 7) is 3.84. The highest BCUT2D eigenvalue weighted by Gasteiger charge is 2.07. The Morgan fingerprint density at radius 2 is 2.17 bits per heavy atom. The minimum absolute atomic E-state index is 0.950. The van der Waals surface area contributed by atoms with Crippen molar-refractivity contribution < 1.29 is 4.42 Å². The lowest BCUT2D eigenvalue weighted by Gasteiger charge is -2.00. The van der Waals surface area contributed by atoms with E-state index in [1.54, 1.807) is 12.5 Å². The first-order valence-corrected chi connectivity index (χ1v) is 4.15. The van der Waals surface area contributed by atoms with Gasteiger partial charge in [0.2, 0.25) is 0 Å². The first-order chi connectivity index (χ1) is 5.92. The lowest BCUT2D eigenvalue weighted by molar-refractivity contribution is 0.552. The molecule has 0 N–H and O–H groups in total. The van der Waals surface area contributed by atoms with Crippen molar-refractivity contribution in [3.05, 3.63) is 43.2 Å². The number of aryl methyl sites for hydroxylation is 1. The van der Waals surface area contributed by atoms with Crippen molar-refractivity contribution >= 4 is 0 Å². The molecule has 0 amide bonds. The summed E-state index contributed by atoms with van der Waals surface area (Å²) in [5.74, 6) is 0. The largest absolute Gasteiger partial charge is 0.472 e. The number of fused-ring (bicyclic) bond motifs is 1. The van der Waals surface area contributed by atoms with Gasteiger partial charge >= 0.3 is 0 Å². The van der Waals surface area contributed by atoms with E-state index in [4.69, 9.17) is 4.42 Å². The second-order valence-corrected chi connectivity index (χ2v) is 2.89. The fourth-order valence-corrected chi connectivity index (χ4v) is 1.49. The van der Waals surface area contributed by atoms with Crippen LogP contribution in [-0.4, -0.2) is 0 Å². The van der Waals surface area contributed by atoms with Crippen LogP contribution >= 0.6 is 0 Å². The number of hydrogen-bond donors (Lipinski definition) is 0. The molecule has 0 fully saturated rings. The van der Waals surface area contributed by atoms with Crippen molar-refractivity contribution in [1.29, 1.82) is 0 Å². The minimum atomic E-state index is 0.950. The van der Waals surface area contributed by atoms with E-state index in [0.717, 1.165) is 12.8 Å². The van der Waals surface area contributed by atoms with E-state index < -0.39 is 0 Å². The van der Waals surface area contributed by atoms with Gasteiger partial charge in [-0.05, 0) is 30.0 Å². The summed E-state index contributed by atoms with van der Waals surface area (Å²) in [5.41, 5.74) is 3.85. The van der Waals surface area contributed by atoms with E-state index in [9.17, 15) is 0 Å². The van der Waals surface area contributed by atoms with Crippen molar-refractivity contribution in [3.8, 4) is 11.1 Å². The Kier molecular flexibility index (Phi) is 1.86. The molecule has 1 radical (unpaired) electrons. The maximum absolute atomic E-state index is 5.07. The van der Waals surface area contributed by atoms with E-state index in [1.807, 2.05) is 6.07 Å². The molecule has 0 aromatic rings. The Hall–Kier alpha value is -1.24. The zero-order chi connectivity index (χ0) is 8.39. The lowest BCUT2D eigenvalue weighted by Crippen LogP contribution is -1.81. The first kappa shape index (κ1) is 7.41. The molecule has 0 atom stereocenters. The van der Waals surface area contributed by atoms with Gasteiger partial charge in [-0.15, -0.1) is 0 Å². The van der Waals surface area contributed by atoms with Gasteiger partial charge in [-0.25, -0.2) is 0 Å². The summed E-state index contributed by atoms with van der Waals surface area (Å²) >= 11 is 0. The van der Waals surface area contributed by atoms with Crippen LogP contribution in [0.15, 0.2) is 35.1 Å². The molecule has 61 valence electrons. The van der Waals surface area contributed by atoms with Crippen LogP contribution in [0.5, 0.6) is 0 Å². The lowest BCUT2D eigenvalue weighted by atomic mass is 10.1. The van der Waals surface area contributed by atoms with Crippen LogP contribution in [-0.2, 0) is 6.42 Å². The molecule has 2 aliphatic rings. The van der Waals surface area contributed by atoms with Crippen LogP contribution in [0.4, 0.5) is 0 Å². The SMILES string of the molecule is [CH2]CCc1ccc2coccc1-2. The fourth-order valence-electron chi connectivity index (χ4n) is 1.49.